The number of aryl methyl sites for hydroxylation is 1. The Balaban J connectivity index is 1.90. The summed E-state index contributed by atoms with van der Waals surface area (Å²) in [6.45, 7) is 2.03. The lowest BCUT2D eigenvalue weighted by molar-refractivity contribution is 0.869. The van der Waals surface area contributed by atoms with Crippen LogP contribution in [-0.4, -0.2) is 10.7 Å². The van der Waals surface area contributed by atoms with Gasteiger partial charge in [0.15, 0.2) is 5.15 Å². The summed E-state index contributed by atoms with van der Waals surface area (Å²) in [4.78, 5) is 4.20. The molecule has 1 aromatic carbocycles. The summed E-state index contributed by atoms with van der Waals surface area (Å²) < 4.78 is 0. The molecule has 0 aliphatic carbocycles. The Morgan fingerprint density at radius 1 is 1.37 bits per heavy atom. The van der Waals surface area contributed by atoms with Crippen molar-refractivity contribution in [1.29, 1.82) is 0 Å². The van der Waals surface area contributed by atoms with Crippen LogP contribution in [0.15, 0.2) is 36.5 Å². The van der Waals surface area contributed by atoms with Gasteiger partial charge in [0.1, 0.15) is 0 Å². The second-order valence-electron chi connectivity index (χ2n) is 4.76. The van der Waals surface area contributed by atoms with Crippen LogP contribution in [0, 0.1) is 6.92 Å². The summed E-state index contributed by atoms with van der Waals surface area (Å²) in [7, 11) is 0. The first-order chi connectivity index (χ1) is 9.24. The second-order valence-corrected chi connectivity index (χ2v) is 6.15. The predicted molar refractivity (Wildman–Crippen MR) is 83.0 cm³/mol. The number of nitrogens with zero attached hydrogens (tertiary/aromatic N) is 1. The Morgan fingerprint density at radius 3 is 3.11 bits per heavy atom. The highest BCUT2D eigenvalue weighted by molar-refractivity contribution is 7.98. The second kappa shape index (κ2) is 5.43. The molecule has 0 fully saturated rings. The van der Waals surface area contributed by atoms with Crippen molar-refractivity contribution in [2.75, 3.05) is 11.1 Å². The van der Waals surface area contributed by atoms with E-state index in [1.165, 1.54) is 11.1 Å². The van der Waals surface area contributed by atoms with Gasteiger partial charge in [-0.3, -0.25) is 0 Å². The number of nitrogens with one attached hydrogen (secondary N) is 1. The third-order valence-corrected chi connectivity index (χ3v) is 4.66. The first-order valence-electron chi connectivity index (χ1n) is 6.28. The van der Waals surface area contributed by atoms with Crippen molar-refractivity contribution in [3.63, 3.8) is 0 Å². The van der Waals surface area contributed by atoms with Crippen LogP contribution in [0.3, 0.4) is 0 Å². The molecule has 1 atom stereocenters. The van der Waals surface area contributed by atoms with Crippen molar-refractivity contribution in [3.05, 3.63) is 58.4 Å². The first-order valence-corrected chi connectivity index (χ1v) is 7.81. The number of anilines is 1. The van der Waals surface area contributed by atoms with Crippen LogP contribution >= 0.6 is 23.4 Å². The first kappa shape index (κ1) is 12.8. The predicted octanol–water partition coefficient (Wildman–Crippen LogP) is 4.44. The Morgan fingerprint density at radius 2 is 2.21 bits per heavy atom. The molecule has 98 valence electrons. The minimum absolute atomic E-state index is 0.302. The van der Waals surface area contributed by atoms with E-state index >= 15 is 0 Å². The topological polar surface area (TPSA) is 24.9 Å². The van der Waals surface area contributed by atoms with E-state index < -0.39 is 0 Å². The van der Waals surface area contributed by atoms with E-state index in [1.54, 1.807) is 6.20 Å². The van der Waals surface area contributed by atoms with Crippen LogP contribution in [0.4, 0.5) is 5.69 Å². The van der Waals surface area contributed by atoms with Gasteiger partial charge in [0.2, 0.25) is 0 Å². The van der Waals surface area contributed by atoms with Gasteiger partial charge in [0.25, 0.3) is 0 Å². The van der Waals surface area contributed by atoms with Gasteiger partial charge in [-0.1, -0.05) is 35.9 Å². The van der Waals surface area contributed by atoms with Crippen LogP contribution in [-0.2, 0) is 5.75 Å². The van der Waals surface area contributed by atoms with Crippen LogP contribution in [0.1, 0.15) is 22.7 Å². The van der Waals surface area contributed by atoms with Crippen LogP contribution in [0.25, 0.3) is 0 Å². The van der Waals surface area contributed by atoms with Gasteiger partial charge in [-0.25, -0.2) is 4.98 Å². The highest BCUT2D eigenvalue weighted by atomic mass is 35.5. The van der Waals surface area contributed by atoms with E-state index in [-0.39, 0.29) is 0 Å². The van der Waals surface area contributed by atoms with E-state index in [1.807, 2.05) is 18.7 Å². The number of halogens is 1. The lowest BCUT2D eigenvalue weighted by Gasteiger charge is -2.27. The summed E-state index contributed by atoms with van der Waals surface area (Å²) >= 11 is 8.11. The summed E-state index contributed by atoms with van der Waals surface area (Å²) in [5.41, 5.74) is 4.82. The third kappa shape index (κ3) is 2.72. The zero-order chi connectivity index (χ0) is 13.2. The quantitative estimate of drug-likeness (QED) is 0.828. The number of hydrogen-bond donors (Lipinski definition) is 1. The largest absolute Gasteiger partial charge is 0.375 e. The zero-order valence-electron chi connectivity index (χ0n) is 10.7. The Kier molecular flexibility index (Phi) is 3.67. The molecular weight excluding hydrogens is 276 g/mol. The molecule has 0 amide bonds. The van der Waals surface area contributed by atoms with Crippen molar-refractivity contribution >= 4 is 29.1 Å². The van der Waals surface area contributed by atoms with Gasteiger partial charge in [0.05, 0.1) is 11.7 Å². The van der Waals surface area contributed by atoms with Crippen LogP contribution in [0.5, 0.6) is 0 Å². The molecule has 0 spiro atoms. The van der Waals surface area contributed by atoms with Crippen molar-refractivity contribution < 1.29 is 0 Å². The fraction of sp³-hybridized carbons (Fsp3) is 0.267. The summed E-state index contributed by atoms with van der Waals surface area (Å²) in [5.74, 6) is 2.15. The van der Waals surface area contributed by atoms with Crippen LogP contribution in [0.2, 0.25) is 5.15 Å². The van der Waals surface area contributed by atoms with E-state index in [4.69, 9.17) is 11.6 Å². The average Bonchev–Trinajstić information content (AvgIpc) is 2.43. The molecule has 0 saturated carbocycles. The van der Waals surface area contributed by atoms with E-state index in [9.17, 15) is 0 Å². The number of fused-ring (bicyclic) bond motifs is 1. The Hall–Kier alpha value is -1.19. The number of thioether (sulfide) groups is 1. The molecular formula is C15H15ClN2S. The smallest absolute Gasteiger partial charge is 0.152 e. The molecule has 2 nitrogen and oxygen atoms in total. The fourth-order valence-electron chi connectivity index (χ4n) is 2.34. The molecule has 1 aromatic heterocycles. The van der Waals surface area contributed by atoms with Gasteiger partial charge < -0.3 is 5.32 Å². The van der Waals surface area contributed by atoms with Gasteiger partial charge in [0, 0.05) is 17.7 Å². The monoisotopic (exact) mass is 290 g/mol. The molecule has 1 N–H and O–H groups in total. The lowest BCUT2D eigenvalue weighted by Crippen LogP contribution is -2.19. The van der Waals surface area contributed by atoms with Crippen molar-refractivity contribution in [2.24, 2.45) is 0 Å². The van der Waals surface area contributed by atoms with Crippen LogP contribution < -0.4 is 5.32 Å². The van der Waals surface area contributed by atoms with Crippen molar-refractivity contribution in [1.82, 2.24) is 4.98 Å². The molecule has 2 heterocycles. The number of rotatable bonds is 2. The minimum atomic E-state index is 0.302. The van der Waals surface area contributed by atoms with Crippen molar-refractivity contribution in [2.45, 2.75) is 18.7 Å². The summed E-state index contributed by atoms with van der Waals surface area (Å²) in [6.07, 6.45) is 1.79. The Labute approximate surface area is 122 Å². The number of hydrogen-bond acceptors (Lipinski definition) is 3. The molecule has 0 radical (unpaired) electrons. The molecule has 2 aromatic rings. The normalized spacial score (nSPS) is 17.9. The van der Waals surface area contributed by atoms with Gasteiger partial charge in [-0.15, -0.1) is 0 Å². The van der Waals surface area contributed by atoms with E-state index in [0.29, 0.717) is 11.2 Å². The van der Waals surface area contributed by atoms with Crippen molar-refractivity contribution in [3.8, 4) is 0 Å². The molecule has 1 aliphatic rings. The SMILES string of the molecule is Cc1cnc(Cl)c(NC2CSCc3ccccc32)c1. The minimum Gasteiger partial charge on any atom is -0.375 e. The zero-order valence-corrected chi connectivity index (χ0v) is 12.3. The molecule has 0 saturated heterocycles. The Bertz CT molecular complexity index is 600. The lowest BCUT2D eigenvalue weighted by atomic mass is 10.0. The number of pyridine rings is 1. The van der Waals surface area contributed by atoms with E-state index in [0.717, 1.165) is 22.8 Å². The maximum Gasteiger partial charge on any atom is 0.152 e. The van der Waals surface area contributed by atoms with Gasteiger partial charge in [-0.05, 0) is 29.7 Å². The van der Waals surface area contributed by atoms with Gasteiger partial charge in [-0.2, -0.15) is 11.8 Å². The van der Waals surface area contributed by atoms with Gasteiger partial charge >= 0.3 is 0 Å². The number of benzene rings is 1. The average molecular weight is 291 g/mol. The molecule has 1 aliphatic heterocycles. The molecule has 3 rings (SSSR count). The maximum atomic E-state index is 6.16. The maximum absolute atomic E-state index is 6.16. The fourth-order valence-corrected chi connectivity index (χ4v) is 3.60. The molecule has 1 unspecified atom stereocenters. The highest BCUT2D eigenvalue weighted by Crippen LogP contribution is 2.35. The third-order valence-electron chi connectivity index (χ3n) is 3.28. The number of aromatic nitrogens is 1. The molecule has 0 bridgehead atoms. The standard InChI is InChI=1S/C15H15ClN2S/c1-10-6-13(15(16)17-7-10)18-14-9-19-8-11-4-2-3-5-12(11)14/h2-7,14,18H,8-9H2,1H3. The van der Waals surface area contributed by atoms with E-state index in [2.05, 4.69) is 40.6 Å². The molecule has 4 heteroatoms. The summed E-state index contributed by atoms with van der Waals surface area (Å²) in [5, 5.41) is 4.07. The molecule has 19 heavy (non-hydrogen) atoms. The summed E-state index contributed by atoms with van der Waals surface area (Å²) in [6, 6.07) is 11.0. The highest BCUT2D eigenvalue weighted by Gasteiger charge is 2.20.